The van der Waals surface area contributed by atoms with Gasteiger partial charge in [0.2, 0.25) is 34.4 Å². The van der Waals surface area contributed by atoms with Crippen LogP contribution in [0.4, 0.5) is 27.8 Å². The first-order valence-corrected chi connectivity index (χ1v) is 10.6. The number of aromatic amines is 1. The third kappa shape index (κ3) is 3.93. The minimum absolute atomic E-state index is 0.000804. The number of hydrogen-bond acceptors (Lipinski definition) is 5. The van der Waals surface area contributed by atoms with Crippen LogP contribution in [0.25, 0.3) is 11.0 Å². The largest absolute Gasteiger partial charge is 0.593 e. The fourth-order valence-electron chi connectivity index (χ4n) is 3.50. The molecule has 0 amide bonds. The average Bonchev–Trinajstić information content (AvgIpc) is 3.20. The van der Waals surface area contributed by atoms with Crippen LogP contribution in [-0.2, 0) is 11.4 Å². The van der Waals surface area contributed by atoms with Crippen molar-refractivity contribution in [2.45, 2.75) is 36.7 Å². The number of H-pyrrole nitrogens is 1. The van der Waals surface area contributed by atoms with E-state index in [1.54, 1.807) is 19.2 Å². The van der Waals surface area contributed by atoms with Gasteiger partial charge in [-0.05, 0) is 37.4 Å². The van der Waals surface area contributed by atoms with Crippen LogP contribution in [0, 0.1) is 29.1 Å². The van der Waals surface area contributed by atoms with Gasteiger partial charge in [0.15, 0.2) is 0 Å². The van der Waals surface area contributed by atoms with E-state index in [0.29, 0.717) is 29.7 Å². The number of rotatable bonds is 4. The lowest BCUT2D eigenvalue weighted by atomic mass is 10.0. The molecule has 1 saturated heterocycles. The Morgan fingerprint density at radius 1 is 1.10 bits per heavy atom. The van der Waals surface area contributed by atoms with Crippen LogP contribution in [0.15, 0.2) is 17.2 Å². The number of fused-ring (bicyclic) bond motifs is 1. The molecular weight excluding hydrogens is 465 g/mol. The molecule has 3 heterocycles. The summed E-state index contributed by atoms with van der Waals surface area (Å²) in [5.41, 5.74) is 0.494. The second-order valence-electron chi connectivity index (χ2n) is 7.10. The molecule has 0 spiro atoms. The van der Waals surface area contributed by atoms with Crippen LogP contribution in [0.1, 0.15) is 19.8 Å². The molecular formula is C18H15ClF5N5OS. The van der Waals surface area contributed by atoms with Crippen LogP contribution < -0.4 is 5.32 Å². The van der Waals surface area contributed by atoms with Crippen LogP contribution in [0.3, 0.4) is 0 Å². The first kappa shape index (κ1) is 22.1. The summed E-state index contributed by atoms with van der Waals surface area (Å²) < 4.78 is 83.0. The van der Waals surface area contributed by atoms with Crippen molar-refractivity contribution in [3.63, 3.8) is 0 Å². The van der Waals surface area contributed by atoms with Gasteiger partial charge in [0, 0.05) is 12.2 Å². The molecule has 1 aliphatic heterocycles. The maximum absolute atomic E-state index is 14.2. The van der Waals surface area contributed by atoms with Crippen LogP contribution >= 0.6 is 11.6 Å². The number of nitrogens with one attached hydrogen (secondary N) is 2. The molecule has 1 aliphatic rings. The number of benzene rings is 1. The second kappa shape index (κ2) is 8.41. The van der Waals surface area contributed by atoms with Crippen molar-refractivity contribution in [3.05, 3.63) is 46.6 Å². The Balaban J connectivity index is 1.62. The number of hydrogen-bond donors (Lipinski definition) is 2. The third-order valence-corrected chi connectivity index (χ3v) is 6.92. The topological polar surface area (TPSA) is 79.9 Å². The number of nitrogens with zero attached hydrogens (tertiary/aromatic N) is 3. The van der Waals surface area contributed by atoms with Gasteiger partial charge in [-0.25, -0.2) is 18.2 Å². The summed E-state index contributed by atoms with van der Waals surface area (Å²) in [5, 5.41) is 3.78. The van der Waals surface area contributed by atoms with Crippen molar-refractivity contribution >= 4 is 39.8 Å². The van der Waals surface area contributed by atoms with Crippen LogP contribution in [-0.4, -0.2) is 42.4 Å². The molecule has 4 rings (SSSR count). The summed E-state index contributed by atoms with van der Waals surface area (Å²) in [5.74, 6) is -10.4. The third-order valence-electron chi connectivity index (χ3n) is 5.11. The van der Waals surface area contributed by atoms with E-state index < -0.39 is 51.4 Å². The molecule has 0 radical (unpaired) electrons. The molecule has 3 aromatic rings. The molecule has 6 nitrogen and oxygen atoms in total. The Morgan fingerprint density at radius 2 is 1.74 bits per heavy atom. The molecule has 0 bridgehead atoms. The fourth-order valence-corrected chi connectivity index (χ4v) is 5.13. The summed E-state index contributed by atoms with van der Waals surface area (Å²) in [6.07, 6.45) is 2.68. The van der Waals surface area contributed by atoms with Crippen molar-refractivity contribution in [3.8, 4) is 0 Å². The highest BCUT2D eigenvalue weighted by Crippen LogP contribution is 2.33. The summed E-state index contributed by atoms with van der Waals surface area (Å²) in [4.78, 5) is 9.73. The highest BCUT2D eigenvalue weighted by Gasteiger charge is 2.41. The quantitative estimate of drug-likeness (QED) is 0.192. The van der Waals surface area contributed by atoms with Gasteiger partial charge >= 0.3 is 0 Å². The molecule has 2 N–H and O–H groups in total. The SMILES string of the molecule is CC1CCC(Nc2nc(Cl)nc3[nH]ccc23)CN1[S+]([O-])c1c(F)c(F)c(F)c(F)c1F. The average molecular weight is 480 g/mol. The molecule has 0 saturated carbocycles. The maximum Gasteiger partial charge on any atom is 0.251 e. The molecule has 3 unspecified atom stereocenters. The summed E-state index contributed by atoms with van der Waals surface area (Å²) in [7, 11) is 0. The van der Waals surface area contributed by atoms with E-state index in [1.807, 2.05) is 0 Å². The summed E-state index contributed by atoms with van der Waals surface area (Å²) in [6, 6.07) is 0.907. The van der Waals surface area contributed by atoms with Gasteiger partial charge in [0.05, 0.1) is 29.3 Å². The fraction of sp³-hybridized carbons (Fsp3) is 0.333. The van der Waals surface area contributed by atoms with Crippen molar-refractivity contribution in [1.29, 1.82) is 0 Å². The maximum atomic E-state index is 14.2. The van der Waals surface area contributed by atoms with E-state index in [4.69, 9.17) is 11.6 Å². The molecule has 166 valence electrons. The lowest BCUT2D eigenvalue weighted by molar-refractivity contribution is 0.250. The van der Waals surface area contributed by atoms with Gasteiger partial charge in [-0.2, -0.15) is 13.8 Å². The van der Waals surface area contributed by atoms with Gasteiger partial charge in [0.1, 0.15) is 11.5 Å². The van der Waals surface area contributed by atoms with E-state index >= 15 is 0 Å². The van der Waals surface area contributed by atoms with Gasteiger partial charge < -0.3 is 14.9 Å². The van der Waals surface area contributed by atoms with E-state index in [2.05, 4.69) is 20.3 Å². The minimum Gasteiger partial charge on any atom is -0.593 e. The molecule has 31 heavy (non-hydrogen) atoms. The van der Waals surface area contributed by atoms with Crippen LogP contribution in [0.2, 0.25) is 5.28 Å². The van der Waals surface area contributed by atoms with Gasteiger partial charge in [-0.15, -0.1) is 4.31 Å². The van der Waals surface area contributed by atoms with Gasteiger partial charge in [0.25, 0.3) is 4.90 Å². The van der Waals surface area contributed by atoms with Crippen molar-refractivity contribution in [1.82, 2.24) is 19.3 Å². The predicted molar refractivity (Wildman–Crippen MR) is 104 cm³/mol. The highest BCUT2D eigenvalue weighted by molar-refractivity contribution is 7.89. The lowest BCUT2D eigenvalue weighted by Gasteiger charge is -2.37. The zero-order valence-corrected chi connectivity index (χ0v) is 17.4. The first-order valence-electron chi connectivity index (χ1n) is 9.16. The lowest BCUT2D eigenvalue weighted by Crippen LogP contribution is -2.50. The number of anilines is 1. The first-order chi connectivity index (χ1) is 14.7. The van der Waals surface area contributed by atoms with Crippen molar-refractivity contribution < 1.29 is 26.5 Å². The number of piperidine rings is 1. The Bertz CT molecular complexity index is 1120. The molecule has 2 aromatic heterocycles. The van der Waals surface area contributed by atoms with Gasteiger partial charge in [-0.1, -0.05) is 0 Å². The normalized spacial score (nSPS) is 20.9. The zero-order chi connectivity index (χ0) is 22.4. The van der Waals surface area contributed by atoms with Crippen molar-refractivity contribution in [2.24, 2.45) is 0 Å². The smallest absolute Gasteiger partial charge is 0.251 e. The second-order valence-corrected chi connectivity index (χ2v) is 8.81. The zero-order valence-electron chi connectivity index (χ0n) is 15.9. The van der Waals surface area contributed by atoms with E-state index in [0.717, 1.165) is 0 Å². The van der Waals surface area contributed by atoms with E-state index in [-0.39, 0.29) is 17.9 Å². The standard InChI is InChI=1S/C18H15ClF5N5OS/c1-7-2-3-8(26-17-9-4-5-25-16(9)27-18(19)28-17)6-29(7)31(30)15-13(23)11(21)10(20)12(22)14(15)24/h4-5,7-8H,2-3,6H2,1H3,(H2,25,26,27,28). The molecule has 1 fully saturated rings. The summed E-state index contributed by atoms with van der Waals surface area (Å²) >= 11 is 3.31. The molecule has 0 aliphatic carbocycles. The van der Waals surface area contributed by atoms with E-state index in [9.17, 15) is 26.5 Å². The molecule has 13 heteroatoms. The Hall–Kier alpha value is -2.15. The number of aromatic nitrogens is 3. The molecule has 1 aromatic carbocycles. The van der Waals surface area contributed by atoms with E-state index in [1.165, 1.54) is 4.31 Å². The minimum atomic E-state index is -2.62. The Kier molecular flexibility index (Phi) is 5.99. The monoisotopic (exact) mass is 479 g/mol. The number of halogens is 6. The van der Waals surface area contributed by atoms with Crippen LogP contribution in [0.5, 0.6) is 0 Å². The van der Waals surface area contributed by atoms with Crippen molar-refractivity contribution in [2.75, 3.05) is 11.9 Å². The Labute approximate surface area is 181 Å². The highest BCUT2D eigenvalue weighted by atomic mass is 35.5. The Morgan fingerprint density at radius 3 is 2.42 bits per heavy atom. The summed E-state index contributed by atoms with van der Waals surface area (Å²) in [6.45, 7) is 1.66. The molecule has 3 atom stereocenters. The predicted octanol–water partition coefficient (Wildman–Crippen LogP) is 4.29. The van der Waals surface area contributed by atoms with Gasteiger partial charge in [-0.3, -0.25) is 0 Å².